The molecule has 0 saturated carbocycles. The number of Topliss-reactive ketones (excluding diaryl/α,β-unsaturated/α-hetero) is 1. The standard InChI is InChI=1S/C20H30O8S/c1-10-5-6-19(24)16-13(10)14(22)15(23)18(2)11(21)7-12-20(8-27-12,28-9-25-3)29(16,18)17(19)26-4/h11-12,14,16-17,21-22,24H,5-9H2,1-4H3/t11-,12+,14+,16?,17-,18-,19-,20+/m0/s1. The first-order valence-electron chi connectivity index (χ1n) is 10.1. The Morgan fingerprint density at radius 2 is 2.03 bits per heavy atom. The Bertz CT molecular complexity index is 801. The lowest BCUT2D eigenvalue weighted by Crippen LogP contribution is -2.90. The molecule has 0 amide bonds. The summed E-state index contributed by atoms with van der Waals surface area (Å²) in [5.41, 5.74) is -0.335. The summed E-state index contributed by atoms with van der Waals surface area (Å²) in [6.45, 7) is 3.91. The number of fused-ring (bicyclic) bond motifs is 1. The molecule has 5 aliphatic rings. The van der Waals surface area contributed by atoms with Crippen LogP contribution in [0.2, 0.25) is 0 Å². The van der Waals surface area contributed by atoms with Crippen LogP contribution in [-0.2, 0) is 23.7 Å². The molecule has 0 aromatic rings. The van der Waals surface area contributed by atoms with Crippen LogP contribution in [0.4, 0.5) is 0 Å². The molecule has 164 valence electrons. The molecule has 29 heavy (non-hydrogen) atoms. The van der Waals surface area contributed by atoms with E-state index in [4.69, 9.17) is 18.9 Å². The average Bonchev–Trinajstić information content (AvgIpc) is 2.68. The van der Waals surface area contributed by atoms with Crippen LogP contribution in [0.15, 0.2) is 11.1 Å². The number of rotatable bonds is 4. The number of carbonyl (C=O) groups is 1. The highest BCUT2D eigenvalue weighted by atomic mass is 32.3. The molecular formula is C20H30O8S. The molecule has 3 N–H and O–H groups in total. The van der Waals surface area contributed by atoms with Crippen LogP contribution in [0, 0.1) is 0 Å². The van der Waals surface area contributed by atoms with Crippen LogP contribution in [0.3, 0.4) is 0 Å². The van der Waals surface area contributed by atoms with Gasteiger partial charge in [-0.15, -0.1) is 0 Å². The number of hydrogen-bond acceptors (Lipinski definition) is 8. The molecule has 0 radical (unpaired) electrons. The summed E-state index contributed by atoms with van der Waals surface area (Å²) in [5.74, 6) is -0.401. The fourth-order valence-corrected chi connectivity index (χ4v) is 14.3. The van der Waals surface area contributed by atoms with Gasteiger partial charge in [-0.1, -0.05) is 5.57 Å². The number of methoxy groups -OCH3 is 2. The Morgan fingerprint density at radius 3 is 2.62 bits per heavy atom. The fourth-order valence-electron chi connectivity index (χ4n) is 6.92. The van der Waals surface area contributed by atoms with Gasteiger partial charge in [0.1, 0.15) is 23.9 Å². The SMILES string of the molecule is COCO[C@@]12CO[C@@H]1C[C@H](O)[C@@]1(C)C(=O)[C@H](O)C3=C(C)CC[C@]4(O)C3S21[C@@H]4OC. The van der Waals surface area contributed by atoms with Gasteiger partial charge in [0.2, 0.25) is 0 Å². The molecule has 4 saturated heterocycles. The smallest absolute Gasteiger partial charge is 0.182 e. The Kier molecular flexibility index (Phi) is 4.25. The number of allylic oxidation sites excluding steroid dienone is 1. The molecule has 0 aromatic heterocycles. The molecular weight excluding hydrogens is 400 g/mol. The van der Waals surface area contributed by atoms with Gasteiger partial charge >= 0.3 is 0 Å². The lowest BCUT2D eigenvalue weighted by molar-refractivity contribution is -0.259. The second-order valence-corrected chi connectivity index (χ2v) is 13.0. The number of ketones is 1. The van der Waals surface area contributed by atoms with Crippen molar-refractivity contribution in [3.05, 3.63) is 11.1 Å². The molecule has 0 aromatic carbocycles. The fraction of sp³-hybridized carbons (Fsp3) is 0.850. The van der Waals surface area contributed by atoms with E-state index in [-0.39, 0.29) is 19.8 Å². The van der Waals surface area contributed by atoms with Crippen molar-refractivity contribution in [1.82, 2.24) is 0 Å². The van der Waals surface area contributed by atoms with Gasteiger partial charge in [-0.25, -0.2) is 0 Å². The number of aliphatic hydroxyl groups is 3. The largest absolute Gasteiger partial charge is 0.391 e. The van der Waals surface area contributed by atoms with Gasteiger partial charge < -0.3 is 34.3 Å². The van der Waals surface area contributed by atoms with Gasteiger partial charge in [0.05, 0.1) is 28.8 Å². The number of carbonyl (C=O) groups excluding carboxylic acids is 1. The monoisotopic (exact) mass is 430 g/mol. The molecule has 9 heteroatoms. The maximum atomic E-state index is 13.7. The summed E-state index contributed by atoms with van der Waals surface area (Å²) in [6, 6.07) is 0. The zero-order valence-electron chi connectivity index (χ0n) is 17.2. The van der Waals surface area contributed by atoms with Crippen molar-refractivity contribution in [1.29, 1.82) is 0 Å². The second kappa shape index (κ2) is 6.04. The Hall–Kier alpha value is -0.520. The summed E-state index contributed by atoms with van der Waals surface area (Å²) in [5, 5.41) is 33.5. The summed E-state index contributed by atoms with van der Waals surface area (Å²) in [6.07, 6.45) is -1.46. The number of ether oxygens (including phenoxy) is 4. The maximum absolute atomic E-state index is 13.7. The van der Waals surface area contributed by atoms with Crippen molar-refractivity contribution in [2.45, 2.75) is 77.4 Å². The van der Waals surface area contributed by atoms with Gasteiger partial charge in [-0.3, -0.25) is 4.79 Å². The summed E-state index contributed by atoms with van der Waals surface area (Å²) in [4.78, 5) is 12.8. The Morgan fingerprint density at radius 1 is 1.31 bits per heavy atom. The van der Waals surface area contributed by atoms with E-state index in [1.54, 1.807) is 14.0 Å². The highest BCUT2D eigenvalue weighted by molar-refractivity contribution is 8.38. The number of aliphatic hydroxyl groups excluding tert-OH is 2. The van der Waals surface area contributed by atoms with Crippen LogP contribution in [-0.4, -0.2) is 93.0 Å². The molecule has 1 aliphatic carbocycles. The van der Waals surface area contributed by atoms with Crippen molar-refractivity contribution in [2.75, 3.05) is 27.6 Å². The van der Waals surface area contributed by atoms with Crippen molar-refractivity contribution in [3.63, 3.8) is 0 Å². The third kappa shape index (κ3) is 1.84. The average molecular weight is 431 g/mol. The maximum Gasteiger partial charge on any atom is 0.182 e. The number of hydrogen-bond donors (Lipinski definition) is 3. The van der Waals surface area contributed by atoms with Crippen LogP contribution < -0.4 is 0 Å². The molecule has 9 atom stereocenters. The van der Waals surface area contributed by atoms with Crippen molar-refractivity contribution in [3.8, 4) is 0 Å². The van der Waals surface area contributed by atoms with Crippen LogP contribution >= 0.6 is 10.0 Å². The van der Waals surface area contributed by atoms with E-state index < -0.39 is 60.1 Å². The molecule has 1 spiro atoms. The molecule has 4 fully saturated rings. The molecule has 8 nitrogen and oxygen atoms in total. The van der Waals surface area contributed by atoms with Crippen LogP contribution in [0.1, 0.15) is 33.1 Å². The molecule has 4 heterocycles. The van der Waals surface area contributed by atoms with Crippen molar-refractivity contribution in [2.24, 2.45) is 0 Å². The summed E-state index contributed by atoms with van der Waals surface area (Å²) < 4.78 is 22.0. The first-order valence-corrected chi connectivity index (χ1v) is 11.8. The first-order chi connectivity index (χ1) is 13.7. The highest BCUT2D eigenvalue weighted by Crippen LogP contribution is 2.92. The third-order valence-corrected chi connectivity index (χ3v) is 14.4. The zero-order chi connectivity index (χ0) is 21.0. The molecule has 4 aliphatic heterocycles. The van der Waals surface area contributed by atoms with E-state index in [0.29, 0.717) is 18.4 Å². The lowest BCUT2D eigenvalue weighted by Gasteiger charge is -2.86. The first kappa shape index (κ1) is 20.4. The van der Waals surface area contributed by atoms with E-state index in [2.05, 4.69) is 0 Å². The topological polar surface area (TPSA) is 115 Å². The quantitative estimate of drug-likeness (QED) is 0.427. The van der Waals surface area contributed by atoms with Gasteiger partial charge in [0.15, 0.2) is 10.7 Å². The lowest BCUT2D eigenvalue weighted by atomic mass is 9.73. The van der Waals surface area contributed by atoms with E-state index in [9.17, 15) is 20.1 Å². The summed E-state index contributed by atoms with van der Waals surface area (Å²) >= 11 is 0. The van der Waals surface area contributed by atoms with Gasteiger partial charge in [-0.05, 0) is 32.3 Å². The van der Waals surface area contributed by atoms with Gasteiger partial charge in [0.25, 0.3) is 0 Å². The normalized spacial score (nSPS) is 57.6. The van der Waals surface area contributed by atoms with E-state index >= 15 is 0 Å². The minimum Gasteiger partial charge on any atom is -0.391 e. The summed E-state index contributed by atoms with van der Waals surface area (Å²) in [7, 11) is 0.732. The Balaban J connectivity index is 1.82. The van der Waals surface area contributed by atoms with Crippen molar-refractivity contribution < 1.29 is 39.1 Å². The molecule has 0 bridgehead atoms. The van der Waals surface area contributed by atoms with E-state index in [0.717, 1.165) is 5.57 Å². The predicted octanol–water partition coefficient (Wildman–Crippen LogP) is 0.170. The predicted molar refractivity (Wildman–Crippen MR) is 105 cm³/mol. The highest BCUT2D eigenvalue weighted by Gasteiger charge is 2.90. The van der Waals surface area contributed by atoms with E-state index in [1.807, 2.05) is 6.92 Å². The molecule has 2 unspecified atom stereocenters. The zero-order valence-corrected chi connectivity index (χ0v) is 18.0. The van der Waals surface area contributed by atoms with Crippen molar-refractivity contribution >= 4 is 15.8 Å². The van der Waals surface area contributed by atoms with Gasteiger partial charge in [0, 0.05) is 20.6 Å². The Labute approximate surface area is 171 Å². The minimum atomic E-state index is -2.34. The minimum absolute atomic E-state index is 0.0111. The third-order valence-electron chi connectivity index (χ3n) is 8.24. The van der Waals surface area contributed by atoms with E-state index in [1.165, 1.54) is 7.11 Å². The van der Waals surface area contributed by atoms with Gasteiger partial charge in [-0.2, -0.15) is 10.0 Å². The molecule has 5 rings (SSSR count). The second-order valence-electron chi connectivity index (χ2n) is 9.17. The van der Waals surface area contributed by atoms with Crippen LogP contribution in [0.25, 0.3) is 0 Å². The van der Waals surface area contributed by atoms with Crippen LogP contribution in [0.5, 0.6) is 0 Å².